The molecule has 0 radical (unpaired) electrons. The van der Waals surface area contributed by atoms with Crippen LogP contribution in [0, 0.1) is 0 Å². The number of rotatable bonds is 3. The average Bonchev–Trinajstić information content (AvgIpc) is 2.43. The first-order chi connectivity index (χ1) is 10.3. The maximum atomic E-state index is 12.6. The van der Waals surface area contributed by atoms with Gasteiger partial charge in [-0.1, -0.05) is 29.3 Å². The highest BCUT2D eigenvalue weighted by atomic mass is 35.5. The van der Waals surface area contributed by atoms with E-state index in [1.54, 1.807) is 0 Å². The number of carbonyl (C=O) groups excluding carboxylic acids is 1. The minimum Gasteiger partial charge on any atom is -0.436 e. The summed E-state index contributed by atoms with van der Waals surface area (Å²) < 4.78 is 42.9. The van der Waals surface area contributed by atoms with Crippen LogP contribution in [0.15, 0.2) is 35.3 Å². The van der Waals surface area contributed by atoms with E-state index in [9.17, 15) is 18.0 Å². The van der Waals surface area contributed by atoms with E-state index in [1.807, 2.05) is 0 Å². The second-order valence-corrected chi connectivity index (χ2v) is 4.72. The second kappa shape index (κ2) is 6.36. The molecule has 4 nitrogen and oxygen atoms in total. The number of nitrogens with zero attached hydrogens (tertiary/aromatic N) is 2. The van der Waals surface area contributed by atoms with Gasteiger partial charge in [-0.3, -0.25) is 0 Å². The van der Waals surface area contributed by atoms with E-state index in [-0.39, 0.29) is 27.4 Å². The average molecular weight is 349 g/mol. The Morgan fingerprint density at radius 1 is 1.18 bits per heavy atom. The van der Waals surface area contributed by atoms with Gasteiger partial charge in [0.1, 0.15) is 5.69 Å². The number of benzene rings is 1. The first-order valence-electron chi connectivity index (χ1n) is 5.60. The van der Waals surface area contributed by atoms with Crippen LogP contribution in [0.1, 0.15) is 5.69 Å². The lowest BCUT2D eigenvalue weighted by atomic mass is 10.3. The monoisotopic (exact) mass is 348 g/mol. The van der Waals surface area contributed by atoms with Crippen molar-refractivity contribution in [3.8, 4) is 11.6 Å². The highest BCUT2D eigenvalue weighted by Gasteiger charge is 2.32. The van der Waals surface area contributed by atoms with Crippen molar-refractivity contribution in [3.05, 3.63) is 46.1 Å². The predicted molar refractivity (Wildman–Crippen MR) is 73.6 cm³/mol. The minimum absolute atomic E-state index is 0.0410. The molecule has 0 amide bonds. The highest BCUT2D eigenvalue weighted by molar-refractivity contribution is 6.37. The molecule has 0 spiro atoms. The number of alkyl halides is 3. The fourth-order valence-electron chi connectivity index (χ4n) is 1.50. The Hall–Kier alpha value is -2.08. The molecule has 9 heteroatoms. The van der Waals surface area contributed by atoms with Gasteiger partial charge >= 0.3 is 6.18 Å². The number of isocyanates is 1. The quantitative estimate of drug-likeness (QED) is 0.568. The molecule has 1 heterocycles. The van der Waals surface area contributed by atoms with Gasteiger partial charge in [-0.05, 0) is 18.2 Å². The van der Waals surface area contributed by atoms with Crippen molar-refractivity contribution in [1.82, 2.24) is 4.98 Å². The molecule has 2 aromatic rings. The smallest absolute Gasteiger partial charge is 0.433 e. The summed E-state index contributed by atoms with van der Waals surface area (Å²) in [4.78, 5) is 16.8. The fourth-order valence-corrected chi connectivity index (χ4v) is 2.05. The van der Waals surface area contributed by atoms with Crippen LogP contribution in [-0.2, 0) is 11.0 Å². The molecule has 0 unspecified atom stereocenters. The predicted octanol–water partition coefficient (Wildman–Crippen LogP) is 5.17. The first kappa shape index (κ1) is 16.3. The molecule has 0 fully saturated rings. The number of halogens is 5. The maximum Gasteiger partial charge on any atom is 0.433 e. The molecule has 0 aliphatic rings. The third-order valence-corrected chi connectivity index (χ3v) is 2.94. The molecule has 22 heavy (non-hydrogen) atoms. The van der Waals surface area contributed by atoms with Crippen molar-refractivity contribution >= 4 is 35.0 Å². The number of aliphatic imine (C=N–C) groups is 1. The largest absolute Gasteiger partial charge is 0.436 e. The van der Waals surface area contributed by atoms with Gasteiger partial charge in [0.15, 0.2) is 5.75 Å². The van der Waals surface area contributed by atoms with Crippen LogP contribution in [-0.4, -0.2) is 11.1 Å². The summed E-state index contributed by atoms with van der Waals surface area (Å²) in [6.45, 7) is 0. The van der Waals surface area contributed by atoms with E-state index in [4.69, 9.17) is 27.9 Å². The van der Waals surface area contributed by atoms with Gasteiger partial charge in [-0.25, -0.2) is 9.78 Å². The van der Waals surface area contributed by atoms with E-state index >= 15 is 0 Å². The van der Waals surface area contributed by atoms with Crippen LogP contribution < -0.4 is 4.74 Å². The Bertz CT molecular complexity index is 736. The lowest BCUT2D eigenvalue weighted by molar-refractivity contribution is -0.141. The lowest BCUT2D eigenvalue weighted by Gasteiger charge is -2.11. The van der Waals surface area contributed by atoms with Crippen molar-refractivity contribution in [3.63, 3.8) is 0 Å². The molecule has 1 aromatic carbocycles. The Morgan fingerprint density at radius 2 is 1.82 bits per heavy atom. The summed E-state index contributed by atoms with van der Waals surface area (Å²) in [6.07, 6.45) is -3.29. The van der Waals surface area contributed by atoms with Gasteiger partial charge in [0.05, 0.1) is 15.7 Å². The van der Waals surface area contributed by atoms with Crippen LogP contribution in [0.3, 0.4) is 0 Å². The third kappa shape index (κ3) is 3.76. The standard InChI is InChI=1S/C13H5Cl2F3N2O2/c14-8-4-7(19-6-21)5-9(15)12(8)22-11-3-1-2-10(20-11)13(16,17)18/h1-5H. The van der Waals surface area contributed by atoms with Crippen LogP contribution in [0.4, 0.5) is 18.9 Å². The van der Waals surface area contributed by atoms with Crippen molar-refractivity contribution < 1.29 is 22.7 Å². The summed E-state index contributed by atoms with van der Waals surface area (Å²) in [5.41, 5.74) is -0.978. The molecule has 1 aromatic heterocycles. The normalized spacial score (nSPS) is 11.0. The first-order valence-corrected chi connectivity index (χ1v) is 6.36. The molecule has 2 rings (SSSR count). The van der Waals surface area contributed by atoms with Gasteiger partial charge in [0.2, 0.25) is 12.0 Å². The molecular formula is C13H5Cl2F3N2O2. The summed E-state index contributed by atoms with van der Waals surface area (Å²) in [6, 6.07) is 5.66. The molecule has 0 atom stereocenters. The van der Waals surface area contributed by atoms with Crippen molar-refractivity contribution in [1.29, 1.82) is 0 Å². The molecule has 114 valence electrons. The summed E-state index contributed by atoms with van der Waals surface area (Å²) in [5.74, 6) is -0.426. The SMILES string of the molecule is O=C=Nc1cc(Cl)c(Oc2cccc(C(F)(F)F)n2)c(Cl)c1. The highest BCUT2D eigenvalue weighted by Crippen LogP contribution is 2.39. The molecule has 0 saturated carbocycles. The van der Waals surface area contributed by atoms with Gasteiger partial charge in [0, 0.05) is 6.07 Å². The zero-order valence-corrected chi connectivity index (χ0v) is 12.0. The zero-order valence-electron chi connectivity index (χ0n) is 10.5. The van der Waals surface area contributed by atoms with Gasteiger partial charge in [0.25, 0.3) is 0 Å². The number of ether oxygens (including phenoxy) is 1. The number of pyridine rings is 1. The van der Waals surface area contributed by atoms with Crippen LogP contribution in [0.25, 0.3) is 0 Å². The molecule has 0 N–H and O–H groups in total. The summed E-state index contributed by atoms with van der Waals surface area (Å²) >= 11 is 11.8. The molecular weight excluding hydrogens is 344 g/mol. The number of aromatic nitrogens is 1. The summed E-state index contributed by atoms with van der Waals surface area (Å²) in [7, 11) is 0. The second-order valence-electron chi connectivity index (χ2n) is 3.90. The fraction of sp³-hybridized carbons (Fsp3) is 0.0769. The van der Waals surface area contributed by atoms with Crippen LogP contribution >= 0.6 is 23.2 Å². The Morgan fingerprint density at radius 3 is 2.36 bits per heavy atom. The van der Waals surface area contributed by atoms with Crippen molar-refractivity contribution in [2.75, 3.05) is 0 Å². The van der Waals surface area contributed by atoms with Gasteiger partial charge in [-0.15, -0.1) is 0 Å². The van der Waals surface area contributed by atoms with Crippen molar-refractivity contribution in [2.45, 2.75) is 6.18 Å². The maximum absolute atomic E-state index is 12.6. The Balaban J connectivity index is 2.37. The van der Waals surface area contributed by atoms with E-state index in [2.05, 4.69) is 9.98 Å². The van der Waals surface area contributed by atoms with Crippen molar-refractivity contribution in [2.24, 2.45) is 4.99 Å². The van der Waals surface area contributed by atoms with Crippen LogP contribution in [0.5, 0.6) is 11.6 Å². The lowest BCUT2D eigenvalue weighted by Crippen LogP contribution is -2.08. The van der Waals surface area contributed by atoms with Gasteiger partial charge < -0.3 is 4.74 Å². The van der Waals surface area contributed by atoms with E-state index in [0.29, 0.717) is 0 Å². The third-order valence-electron chi connectivity index (χ3n) is 2.38. The zero-order chi connectivity index (χ0) is 16.3. The Kier molecular flexibility index (Phi) is 4.71. The van der Waals surface area contributed by atoms with Gasteiger partial charge in [-0.2, -0.15) is 18.2 Å². The molecule has 0 saturated heterocycles. The molecule has 0 aliphatic heterocycles. The number of hydrogen-bond acceptors (Lipinski definition) is 4. The van der Waals surface area contributed by atoms with E-state index < -0.39 is 11.9 Å². The summed E-state index contributed by atoms with van der Waals surface area (Å²) in [5, 5.41) is -0.0820. The molecule has 0 bridgehead atoms. The minimum atomic E-state index is -4.60. The topological polar surface area (TPSA) is 51.5 Å². The Labute approximate surface area is 132 Å². The van der Waals surface area contributed by atoms with Crippen LogP contribution in [0.2, 0.25) is 10.0 Å². The van der Waals surface area contributed by atoms with E-state index in [0.717, 1.165) is 12.1 Å². The van der Waals surface area contributed by atoms with E-state index in [1.165, 1.54) is 24.3 Å². The number of hydrogen-bond donors (Lipinski definition) is 0. The molecule has 0 aliphatic carbocycles.